The summed E-state index contributed by atoms with van der Waals surface area (Å²) in [5.41, 5.74) is 2.70. The molecule has 1 aliphatic carbocycles. The number of hydrogen-bond acceptors (Lipinski definition) is 2. The Morgan fingerprint density at radius 1 is 1.20 bits per heavy atom. The maximum absolute atomic E-state index is 12.1. The van der Waals surface area contributed by atoms with Crippen LogP contribution >= 0.6 is 0 Å². The minimum atomic E-state index is 0.0615. The first-order chi connectivity index (χ1) is 9.38. The van der Waals surface area contributed by atoms with Crippen molar-refractivity contribution in [1.82, 2.24) is 10.2 Å². The smallest absolute Gasteiger partial charge is 0.238 e. The largest absolute Gasteiger partial charge is 0.319 e. The van der Waals surface area contributed by atoms with Crippen LogP contribution in [0.25, 0.3) is 0 Å². The topological polar surface area (TPSA) is 32.3 Å². The molecule has 1 heterocycles. The molecule has 108 valence electrons. The van der Waals surface area contributed by atoms with Crippen molar-refractivity contribution >= 4 is 5.91 Å². The molecule has 1 aromatic carbocycles. The molecule has 20 heavy (non-hydrogen) atoms. The lowest BCUT2D eigenvalue weighted by Gasteiger charge is -2.26. The second-order valence-electron chi connectivity index (χ2n) is 7.24. The average Bonchev–Trinajstić information content (AvgIpc) is 2.96. The van der Waals surface area contributed by atoms with Crippen molar-refractivity contribution in [3.63, 3.8) is 0 Å². The number of benzene rings is 1. The fourth-order valence-electron chi connectivity index (χ4n) is 3.03. The van der Waals surface area contributed by atoms with Gasteiger partial charge in [-0.15, -0.1) is 0 Å². The second-order valence-corrected chi connectivity index (χ2v) is 7.24. The molecular weight excluding hydrogens is 248 g/mol. The van der Waals surface area contributed by atoms with E-state index in [-0.39, 0.29) is 17.5 Å². The summed E-state index contributed by atoms with van der Waals surface area (Å²) in [6.45, 7) is 9.34. The van der Waals surface area contributed by atoms with E-state index >= 15 is 0 Å². The highest BCUT2D eigenvalue weighted by molar-refractivity contribution is 5.81. The summed E-state index contributed by atoms with van der Waals surface area (Å²) in [5.74, 6) is 0.888. The lowest BCUT2D eigenvalue weighted by atomic mass is 9.86. The third-order valence-electron chi connectivity index (χ3n) is 4.53. The van der Waals surface area contributed by atoms with Gasteiger partial charge in [0.25, 0.3) is 0 Å². The van der Waals surface area contributed by atoms with Crippen LogP contribution in [0.5, 0.6) is 0 Å². The van der Waals surface area contributed by atoms with Gasteiger partial charge in [0, 0.05) is 6.04 Å². The molecule has 3 unspecified atom stereocenters. The molecule has 2 aliphatic rings. The summed E-state index contributed by atoms with van der Waals surface area (Å²) < 4.78 is 0. The van der Waals surface area contributed by atoms with Gasteiger partial charge in [0.15, 0.2) is 0 Å². The van der Waals surface area contributed by atoms with Crippen molar-refractivity contribution in [2.24, 2.45) is 5.92 Å². The van der Waals surface area contributed by atoms with Crippen molar-refractivity contribution in [1.29, 1.82) is 0 Å². The summed E-state index contributed by atoms with van der Waals surface area (Å²) >= 11 is 0. The van der Waals surface area contributed by atoms with Crippen molar-refractivity contribution in [3.8, 4) is 0 Å². The molecule has 0 bridgehead atoms. The third-order valence-corrected chi connectivity index (χ3v) is 4.53. The van der Waals surface area contributed by atoms with E-state index in [1.54, 1.807) is 0 Å². The molecule has 1 amide bonds. The van der Waals surface area contributed by atoms with E-state index in [2.05, 4.69) is 62.2 Å². The zero-order chi connectivity index (χ0) is 14.5. The van der Waals surface area contributed by atoms with Crippen LogP contribution in [0.15, 0.2) is 24.3 Å². The molecule has 2 fully saturated rings. The van der Waals surface area contributed by atoms with E-state index in [1.165, 1.54) is 11.1 Å². The van der Waals surface area contributed by atoms with Crippen molar-refractivity contribution < 1.29 is 4.79 Å². The molecule has 3 atom stereocenters. The zero-order valence-electron chi connectivity index (χ0n) is 12.8. The highest BCUT2D eigenvalue weighted by Crippen LogP contribution is 2.40. The van der Waals surface area contributed by atoms with Gasteiger partial charge in [-0.05, 0) is 28.9 Å². The highest BCUT2D eigenvalue weighted by Gasteiger charge is 2.46. The highest BCUT2D eigenvalue weighted by atomic mass is 16.2. The van der Waals surface area contributed by atoms with Gasteiger partial charge in [-0.25, -0.2) is 0 Å². The van der Waals surface area contributed by atoms with Crippen LogP contribution in [0.2, 0.25) is 0 Å². The number of rotatable bonds is 2. The SMILES string of the molecule is CC1CC1N1C(=O)CNC1c1ccc(C(C)(C)C)cc1. The Hall–Kier alpha value is -1.35. The molecule has 3 rings (SSSR count). The Balaban J connectivity index is 1.83. The Kier molecular flexibility index (Phi) is 3.13. The van der Waals surface area contributed by atoms with Gasteiger partial charge in [0.2, 0.25) is 5.91 Å². The van der Waals surface area contributed by atoms with Gasteiger partial charge in [-0.2, -0.15) is 0 Å². The van der Waals surface area contributed by atoms with Crippen LogP contribution in [0.3, 0.4) is 0 Å². The fraction of sp³-hybridized carbons (Fsp3) is 0.588. The van der Waals surface area contributed by atoms with Crippen molar-refractivity contribution in [2.45, 2.75) is 51.7 Å². The maximum atomic E-state index is 12.1. The van der Waals surface area contributed by atoms with Gasteiger partial charge < -0.3 is 4.90 Å². The third kappa shape index (κ3) is 2.35. The van der Waals surface area contributed by atoms with Gasteiger partial charge >= 0.3 is 0 Å². The van der Waals surface area contributed by atoms with E-state index in [1.807, 2.05) is 0 Å². The van der Waals surface area contributed by atoms with Crippen LogP contribution in [0.1, 0.15) is 51.4 Å². The molecule has 3 heteroatoms. The Morgan fingerprint density at radius 3 is 2.30 bits per heavy atom. The van der Waals surface area contributed by atoms with Crippen LogP contribution < -0.4 is 5.32 Å². The number of nitrogens with one attached hydrogen (secondary N) is 1. The number of hydrogen-bond donors (Lipinski definition) is 1. The second kappa shape index (κ2) is 4.59. The molecular formula is C17H24N2O. The van der Waals surface area contributed by atoms with Gasteiger partial charge in [-0.3, -0.25) is 10.1 Å². The van der Waals surface area contributed by atoms with E-state index < -0.39 is 0 Å². The minimum Gasteiger partial charge on any atom is -0.319 e. The lowest BCUT2D eigenvalue weighted by molar-refractivity contribution is -0.128. The van der Waals surface area contributed by atoms with E-state index in [0.29, 0.717) is 18.5 Å². The van der Waals surface area contributed by atoms with Crippen molar-refractivity contribution in [2.75, 3.05) is 6.54 Å². The molecule has 3 nitrogen and oxygen atoms in total. The molecule has 0 spiro atoms. The quantitative estimate of drug-likeness (QED) is 0.898. The summed E-state index contributed by atoms with van der Waals surface area (Å²) in [4.78, 5) is 14.1. The van der Waals surface area contributed by atoms with Crippen LogP contribution in [0, 0.1) is 5.92 Å². The van der Waals surface area contributed by atoms with Crippen molar-refractivity contribution in [3.05, 3.63) is 35.4 Å². The Bertz CT molecular complexity index is 515. The average molecular weight is 272 g/mol. The van der Waals surface area contributed by atoms with Gasteiger partial charge in [0.1, 0.15) is 6.17 Å². The monoisotopic (exact) mass is 272 g/mol. The molecule has 1 saturated carbocycles. The van der Waals surface area contributed by atoms with Gasteiger partial charge in [0.05, 0.1) is 6.54 Å². The van der Waals surface area contributed by atoms with Gasteiger partial charge in [-0.1, -0.05) is 52.0 Å². The fourth-order valence-corrected chi connectivity index (χ4v) is 3.03. The normalized spacial score (nSPS) is 29.9. The Morgan fingerprint density at radius 2 is 1.80 bits per heavy atom. The summed E-state index contributed by atoms with van der Waals surface area (Å²) in [6, 6.07) is 9.14. The molecule has 1 aromatic rings. The molecule has 0 aromatic heterocycles. The standard InChI is InChI=1S/C17H24N2O/c1-11-9-14(11)19-15(20)10-18-16(19)12-5-7-13(8-6-12)17(2,3)4/h5-8,11,14,16,18H,9-10H2,1-4H3. The molecule has 1 N–H and O–H groups in total. The predicted molar refractivity (Wildman–Crippen MR) is 80.3 cm³/mol. The van der Waals surface area contributed by atoms with Crippen LogP contribution in [-0.2, 0) is 10.2 Å². The maximum Gasteiger partial charge on any atom is 0.238 e. The molecule has 1 saturated heterocycles. The first-order valence-electron chi connectivity index (χ1n) is 7.53. The van der Waals surface area contributed by atoms with Crippen LogP contribution in [-0.4, -0.2) is 23.4 Å². The Labute approximate surface area is 121 Å². The molecule has 1 aliphatic heterocycles. The molecule has 0 radical (unpaired) electrons. The zero-order valence-corrected chi connectivity index (χ0v) is 12.8. The van der Waals surface area contributed by atoms with Crippen LogP contribution in [0.4, 0.5) is 0 Å². The summed E-state index contributed by atoms with van der Waals surface area (Å²) in [5, 5.41) is 3.35. The van der Waals surface area contributed by atoms with E-state index in [4.69, 9.17) is 0 Å². The van der Waals surface area contributed by atoms with E-state index in [9.17, 15) is 4.79 Å². The first kappa shape index (κ1) is 13.6. The summed E-state index contributed by atoms with van der Waals surface area (Å²) in [6.07, 6.45) is 1.20. The lowest BCUT2D eigenvalue weighted by Crippen LogP contribution is -2.33. The number of carbonyl (C=O) groups is 1. The predicted octanol–water partition coefficient (Wildman–Crippen LogP) is 2.82. The summed E-state index contributed by atoms with van der Waals surface area (Å²) in [7, 11) is 0. The number of carbonyl (C=O) groups excluding carboxylic acids is 1. The first-order valence-corrected chi connectivity index (χ1v) is 7.53. The minimum absolute atomic E-state index is 0.0615. The number of amides is 1. The van der Waals surface area contributed by atoms with E-state index in [0.717, 1.165) is 6.42 Å². The number of nitrogens with zero attached hydrogens (tertiary/aromatic N) is 1.